The van der Waals surface area contributed by atoms with Crippen LogP contribution in [0.1, 0.15) is 18.1 Å². The summed E-state index contributed by atoms with van der Waals surface area (Å²) in [4.78, 5) is 16.0. The molecule has 4 heteroatoms. The first-order valence-electron chi connectivity index (χ1n) is 7.55. The van der Waals surface area contributed by atoms with E-state index in [0.29, 0.717) is 5.75 Å². The van der Waals surface area contributed by atoms with E-state index < -0.39 is 0 Å². The largest absolute Gasteiger partial charge is 0.426 e. The van der Waals surface area contributed by atoms with E-state index in [1.165, 1.54) is 6.92 Å². The summed E-state index contributed by atoms with van der Waals surface area (Å²) in [6, 6.07) is 17.7. The predicted molar refractivity (Wildman–Crippen MR) is 101 cm³/mol. The normalized spacial score (nSPS) is 11.1. The highest BCUT2D eigenvalue weighted by Crippen LogP contribution is 2.30. The van der Waals surface area contributed by atoms with Crippen LogP contribution in [0, 0.1) is 6.92 Å². The maximum atomic E-state index is 11.4. The number of ether oxygens (including phenoxy) is 1. The van der Waals surface area contributed by atoms with E-state index in [0.717, 1.165) is 32.1 Å². The third-order valence-corrected chi connectivity index (χ3v) is 4.26. The molecule has 3 rings (SSSR count). The molecular weight excluding hydrogens is 366 g/mol. The minimum atomic E-state index is -0.351. The quantitative estimate of drug-likeness (QED) is 0.337. The molecule has 0 saturated carbocycles. The second-order valence-electron chi connectivity index (χ2n) is 5.51. The van der Waals surface area contributed by atoms with Crippen LogP contribution >= 0.6 is 15.9 Å². The summed E-state index contributed by atoms with van der Waals surface area (Å²) in [6.45, 7) is 3.43. The molecule has 3 aromatic rings. The van der Waals surface area contributed by atoms with Crippen molar-refractivity contribution in [3.8, 4) is 5.75 Å². The van der Waals surface area contributed by atoms with Gasteiger partial charge in [-0.25, -0.2) is 0 Å². The fraction of sp³-hybridized carbons (Fsp3) is 0.100. The van der Waals surface area contributed by atoms with Gasteiger partial charge in [-0.2, -0.15) is 0 Å². The van der Waals surface area contributed by atoms with Crippen LogP contribution < -0.4 is 4.74 Å². The maximum Gasteiger partial charge on any atom is 0.308 e. The molecule has 0 aromatic heterocycles. The topological polar surface area (TPSA) is 38.7 Å². The van der Waals surface area contributed by atoms with Crippen molar-refractivity contribution in [2.45, 2.75) is 13.8 Å². The van der Waals surface area contributed by atoms with E-state index in [9.17, 15) is 4.79 Å². The average molecular weight is 382 g/mol. The summed E-state index contributed by atoms with van der Waals surface area (Å²) in [5, 5.41) is 2.06. The van der Waals surface area contributed by atoms with Gasteiger partial charge in [0.2, 0.25) is 0 Å². The number of esters is 1. The summed E-state index contributed by atoms with van der Waals surface area (Å²) in [7, 11) is 0. The van der Waals surface area contributed by atoms with E-state index in [4.69, 9.17) is 4.74 Å². The van der Waals surface area contributed by atoms with Crippen molar-refractivity contribution in [2.75, 3.05) is 0 Å². The van der Waals surface area contributed by atoms with Crippen molar-refractivity contribution in [3.05, 3.63) is 70.2 Å². The Labute approximate surface area is 149 Å². The van der Waals surface area contributed by atoms with Crippen LogP contribution in [0.4, 0.5) is 5.69 Å². The second kappa shape index (κ2) is 6.97. The highest BCUT2D eigenvalue weighted by Gasteiger charge is 2.09. The van der Waals surface area contributed by atoms with Gasteiger partial charge < -0.3 is 4.74 Å². The highest BCUT2D eigenvalue weighted by atomic mass is 79.9. The number of fused-ring (bicyclic) bond motifs is 1. The Kier molecular flexibility index (Phi) is 4.76. The zero-order valence-corrected chi connectivity index (χ0v) is 15.0. The standard InChI is InChI=1S/C20H16BrNO2/c1-13-7-9-19(18(21)11-13)22-12-17-16-6-4-3-5-15(16)8-10-20(17)24-14(2)23/h3-12H,1-2H3. The lowest BCUT2D eigenvalue weighted by atomic mass is 10.0. The van der Waals surface area contributed by atoms with Crippen LogP contribution in [0.3, 0.4) is 0 Å². The van der Waals surface area contributed by atoms with Crippen LogP contribution in [0.25, 0.3) is 10.8 Å². The smallest absolute Gasteiger partial charge is 0.308 e. The van der Waals surface area contributed by atoms with Crippen molar-refractivity contribution in [2.24, 2.45) is 4.99 Å². The molecule has 0 spiro atoms. The number of halogens is 1. The van der Waals surface area contributed by atoms with Gasteiger partial charge in [0.1, 0.15) is 5.75 Å². The van der Waals surface area contributed by atoms with Gasteiger partial charge in [-0.15, -0.1) is 0 Å². The zero-order chi connectivity index (χ0) is 17.1. The summed E-state index contributed by atoms with van der Waals surface area (Å²) in [5.74, 6) is 0.157. The summed E-state index contributed by atoms with van der Waals surface area (Å²) in [6.07, 6.45) is 1.75. The van der Waals surface area contributed by atoms with Gasteiger partial charge in [-0.05, 0) is 57.4 Å². The van der Waals surface area contributed by atoms with Gasteiger partial charge in [-0.3, -0.25) is 9.79 Å². The Balaban J connectivity index is 2.12. The molecule has 0 aliphatic carbocycles. The Hall–Kier alpha value is -2.46. The van der Waals surface area contributed by atoms with Crippen LogP contribution in [-0.4, -0.2) is 12.2 Å². The molecule has 120 valence electrons. The molecule has 3 nitrogen and oxygen atoms in total. The first-order chi connectivity index (χ1) is 11.5. The Morgan fingerprint density at radius 1 is 1.12 bits per heavy atom. The Morgan fingerprint density at radius 2 is 1.92 bits per heavy atom. The Morgan fingerprint density at radius 3 is 2.67 bits per heavy atom. The molecule has 0 aliphatic heterocycles. The van der Waals surface area contributed by atoms with E-state index in [-0.39, 0.29) is 5.97 Å². The lowest BCUT2D eigenvalue weighted by molar-refractivity contribution is -0.131. The van der Waals surface area contributed by atoms with E-state index in [1.54, 1.807) is 12.3 Å². The van der Waals surface area contributed by atoms with Gasteiger partial charge in [-0.1, -0.05) is 36.4 Å². The molecular formula is C20H16BrNO2. The third-order valence-electron chi connectivity index (χ3n) is 3.62. The van der Waals surface area contributed by atoms with Crippen LogP contribution in [-0.2, 0) is 4.79 Å². The van der Waals surface area contributed by atoms with Gasteiger partial charge in [0.05, 0.1) is 5.69 Å². The van der Waals surface area contributed by atoms with Crippen molar-refractivity contribution < 1.29 is 9.53 Å². The number of hydrogen-bond donors (Lipinski definition) is 0. The first-order valence-corrected chi connectivity index (χ1v) is 8.34. The average Bonchev–Trinajstić information content (AvgIpc) is 2.54. The highest BCUT2D eigenvalue weighted by molar-refractivity contribution is 9.10. The summed E-state index contributed by atoms with van der Waals surface area (Å²) >= 11 is 3.53. The van der Waals surface area contributed by atoms with Crippen LogP contribution in [0.15, 0.2) is 64.1 Å². The van der Waals surface area contributed by atoms with Gasteiger partial charge in [0.25, 0.3) is 0 Å². The number of rotatable bonds is 3. The minimum absolute atomic E-state index is 0.351. The van der Waals surface area contributed by atoms with E-state index in [1.807, 2.05) is 55.5 Å². The van der Waals surface area contributed by atoms with Crippen molar-refractivity contribution >= 4 is 44.6 Å². The molecule has 0 aliphatic rings. The molecule has 0 saturated heterocycles. The van der Waals surface area contributed by atoms with Crippen LogP contribution in [0.5, 0.6) is 5.75 Å². The number of benzene rings is 3. The lowest BCUT2D eigenvalue weighted by Crippen LogP contribution is -2.04. The van der Waals surface area contributed by atoms with Crippen molar-refractivity contribution in [1.29, 1.82) is 0 Å². The van der Waals surface area contributed by atoms with Crippen molar-refractivity contribution in [1.82, 2.24) is 0 Å². The molecule has 0 amide bonds. The van der Waals surface area contributed by atoms with Gasteiger partial charge in [0, 0.05) is 23.2 Å². The van der Waals surface area contributed by atoms with Crippen LogP contribution in [0.2, 0.25) is 0 Å². The third kappa shape index (κ3) is 3.54. The minimum Gasteiger partial charge on any atom is -0.426 e. The molecule has 0 fully saturated rings. The molecule has 0 radical (unpaired) electrons. The molecule has 0 bridgehead atoms. The zero-order valence-electron chi connectivity index (χ0n) is 13.4. The number of aryl methyl sites for hydroxylation is 1. The number of carbonyl (C=O) groups is 1. The lowest BCUT2D eigenvalue weighted by Gasteiger charge is -2.09. The molecule has 3 aromatic carbocycles. The number of carbonyl (C=O) groups excluding carboxylic acids is 1. The number of aliphatic imine (C=N–C) groups is 1. The number of hydrogen-bond acceptors (Lipinski definition) is 3. The van der Waals surface area contributed by atoms with Crippen molar-refractivity contribution in [3.63, 3.8) is 0 Å². The molecule has 0 N–H and O–H groups in total. The summed E-state index contributed by atoms with van der Waals surface area (Å²) in [5.41, 5.74) is 2.77. The SMILES string of the molecule is CC(=O)Oc1ccc2ccccc2c1C=Nc1ccc(C)cc1Br. The molecule has 24 heavy (non-hydrogen) atoms. The maximum absolute atomic E-state index is 11.4. The fourth-order valence-corrected chi connectivity index (χ4v) is 3.10. The first kappa shape index (κ1) is 16.4. The Bertz CT molecular complexity index is 948. The summed E-state index contributed by atoms with van der Waals surface area (Å²) < 4.78 is 6.27. The molecule has 0 atom stereocenters. The van der Waals surface area contributed by atoms with Gasteiger partial charge >= 0.3 is 5.97 Å². The monoisotopic (exact) mass is 381 g/mol. The fourth-order valence-electron chi connectivity index (χ4n) is 2.50. The van der Waals surface area contributed by atoms with E-state index >= 15 is 0 Å². The molecule has 0 heterocycles. The van der Waals surface area contributed by atoms with Gasteiger partial charge in [0.15, 0.2) is 0 Å². The predicted octanol–water partition coefficient (Wildman–Crippen LogP) is 5.59. The number of nitrogens with zero attached hydrogens (tertiary/aromatic N) is 1. The van der Waals surface area contributed by atoms with E-state index in [2.05, 4.69) is 20.9 Å². The molecule has 0 unspecified atom stereocenters. The second-order valence-corrected chi connectivity index (χ2v) is 6.36.